The van der Waals surface area contributed by atoms with Crippen LogP contribution in [-0.4, -0.2) is 33.8 Å². The minimum atomic E-state index is -0.829. The maximum absolute atomic E-state index is 13.7. The number of carbonyl (C=O) groups excluding carboxylic acids is 1. The normalized spacial score (nSPS) is 13.5. The molecule has 0 aromatic carbocycles. The lowest BCUT2D eigenvalue weighted by molar-refractivity contribution is 0.0407. The van der Waals surface area contributed by atoms with Crippen LogP contribution in [-0.2, 0) is 18.1 Å². The highest BCUT2D eigenvalue weighted by atomic mass is 19.1. The van der Waals surface area contributed by atoms with Gasteiger partial charge in [0.05, 0.1) is 16.9 Å². The Hall–Kier alpha value is -2.77. The Morgan fingerprint density at radius 2 is 1.84 bits per heavy atom. The second-order valence-electron chi connectivity index (χ2n) is 9.52. The Balaban J connectivity index is 2.20. The molecule has 176 valence electrons. The molecule has 8 heteroatoms. The zero-order chi connectivity index (χ0) is 23.9. The summed E-state index contributed by atoms with van der Waals surface area (Å²) in [6, 6.07) is 6.59. The van der Waals surface area contributed by atoms with Crippen molar-refractivity contribution in [2.45, 2.75) is 72.5 Å². The fraction of sp³-hybridized carbons (Fsp3) is 0.542. The summed E-state index contributed by atoms with van der Waals surface area (Å²) in [7, 11) is 0. The molecule has 2 rings (SSSR count). The van der Waals surface area contributed by atoms with Gasteiger partial charge in [0.2, 0.25) is 0 Å². The zero-order valence-corrected chi connectivity index (χ0v) is 19.7. The van der Waals surface area contributed by atoms with Crippen LogP contribution in [0, 0.1) is 5.92 Å². The third kappa shape index (κ3) is 7.73. The quantitative estimate of drug-likeness (QED) is 0.524. The van der Waals surface area contributed by atoms with Crippen molar-refractivity contribution in [3.63, 3.8) is 0 Å². The van der Waals surface area contributed by atoms with Crippen LogP contribution in [0.3, 0.4) is 0 Å². The van der Waals surface area contributed by atoms with E-state index in [4.69, 9.17) is 9.47 Å². The van der Waals surface area contributed by atoms with Crippen LogP contribution in [0.2, 0.25) is 0 Å². The van der Waals surface area contributed by atoms with E-state index < -0.39 is 30.6 Å². The lowest BCUT2D eigenvalue weighted by Gasteiger charge is -2.33. The van der Waals surface area contributed by atoms with Crippen LogP contribution in [0.5, 0.6) is 5.75 Å². The fourth-order valence-electron chi connectivity index (χ4n) is 3.42. The molecule has 2 aromatic rings. The number of nitrogens with one attached hydrogen (secondary N) is 1. The van der Waals surface area contributed by atoms with Gasteiger partial charge in [-0.05, 0) is 64.3 Å². The van der Waals surface area contributed by atoms with Gasteiger partial charge in [0.25, 0.3) is 0 Å². The molecular formula is C24H33F2N3O3. The Labute approximate surface area is 188 Å². The number of alkyl halides is 2. The molecule has 0 aliphatic carbocycles. The SMILES string of the molecule is CC(C)C[C@@](C)(COc1ccc(-c2ccnc(CF)c2)nc1CF)NC(=O)OC(C)(C)C. The molecule has 0 unspecified atom stereocenters. The number of rotatable bonds is 9. The molecule has 0 saturated heterocycles. The summed E-state index contributed by atoms with van der Waals surface area (Å²) in [6.07, 6.45) is 1.58. The fourth-order valence-corrected chi connectivity index (χ4v) is 3.42. The van der Waals surface area contributed by atoms with Gasteiger partial charge in [0, 0.05) is 11.8 Å². The predicted molar refractivity (Wildman–Crippen MR) is 120 cm³/mol. The number of halogens is 2. The molecule has 6 nitrogen and oxygen atoms in total. The van der Waals surface area contributed by atoms with Gasteiger partial charge < -0.3 is 14.8 Å². The monoisotopic (exact) mass is 449 g/mol. The van der Waals surface area contributed by atoms with Gasteiger partial charge in [-0.1, -0.05) is 13.8 Å². The van der Waals surface area contributed by atoms with Crippen LogP contribution in [0.1, 0.15) is 59.4 Å². The van der Waals surface area contributed by atoms with Crippen LogP contribution in [0.25, 0.3) is 11.3 Å². The lowest BCUT2D eigenvalue weighted by atomic mass is 9.91. The van der Waals surface area contributed by atoms with Crippen molar-refractivity contribution in [1.29, 1.82) is 0 Å². The van der Waals surface area contributed by atoms with E-state index in [-0.39, 0.29) is 29.7 Å². The van der Waals surface area contributed by atoms with Gasteiger partial charge in [0.15, 0.2) is 0 Å². The number of amides is 1. The average molecular weight is 450 g/mol. The second kappa shape index (κ2) is 10.7. The summed E-state index contributed by atoms with van der Waals surface area (Å²) in [5.41, 5.74) is 0.197. The van der Waals surface area contributed by atoms with Crippen molar-refractivity contribution in [1.82, 2.24) is 15.3 Å². The molecule has 0 fully saturated rings. The van der Waals surface area contributed by atoms with Crippen LogP contribution < -0.4 is 10.1 Å². The summed E-state index contributed by atoms with van der Waals surface area (Å²) in [5.74, 6) is 0.563. The van der Waals surface area contributed by atoms with Gasteiger partial charge >= 0.3 is 6.09 Å². The zero-order valence-electron chi connectivity index (χ0n) is 19.7. The Morgan fingerprint density at radius 3 is 2.44 bits per heavy atom. The van der Waals surface area contributed by atoms with E-state index in [1.165, 1.54) is 6.20 Å². The maximum Gasteiger partial charge on any atom is 0.408 e. The van der Waals surface area contributed by atoms with Gasteiger partial charge in [0.1, 0.15) is 37.0 Å². The van der Waals surface area contributed by atoms with E-state index in [2.05, 4.69) is 15.3 Å². The molecule has 1 amide bonds. The number of alkyl carbamates (subject to hydrolysis) is 1. The molecule has 1 N–H and O–H groups in total. The van der Waals surface area contributed by atoms with E-state index in [0.29, 0.717) is 17.7 Å². The van der Waals surface area contributed by atoms with Crippen molar-refractivity contribution in [2.75, 3.05) is 6.61 Å². The average Bonchev–Trinajstić information content (AvgIpc) is 2.70. The topological polar surface area (TPSA) is 73.3 Å². The van der Waals surface area contributed by atoms with Gasteiger partial charge in [-0.15, -0.1) is 0 Å². The minimum Gasteiger partial charge on any atom is -0.489 e. The molecule has 0 spiro atoms. The number of carbonyl (C=O) groups is 1. The highest BCUT2D eigenvalue weighted by molar-refractivity contribution is 5.68. The van der Waals surface area contributed by atoms with Crippen LogP contribution in [0.4, 0.5) is 13.6 Å². The van der Waals surface area contributed by atoms with E-state index in [1.54, 1.807) is 45.0 Å². The Morgan fingerprint density at radius 1 is 1.12 bits per heavy atom. The molecule has 2 heterocycles. The number of hydrogen-bond donors (Lipinski definition) is 1. The summed E-state index contributed by atoms with van der Waals surface area (Å²) in [5, 5.41) is 2.90. The smallest absolute Gasteiger partial charge is 0.408 e. The molecule has 0 aliphatic heterocycles. The first-order chi connectivity index (χ1) is 14.9. The van der Waals surface area contributed by atoms with Crippen molar-refractivity contribution in [3.05, 3.63) is 41.9 Å². The van der Waals surface area contributed by atoms with Gasteiger partial charge in [-0.3, -0.25) is 4.98 Å². The van der Waals surface area contributed by atoms with Gasteiger partial charge in [-0.2, -0.15) is 0 Å². The van der Waals surface area contributed by atoms with E-state index >= 15 is 0 Å². The molecule has 0 aliphatic rings. The number of nitrogens with zero attached hydrogens (tertiary/aromatic N) is 2. The summed E-state index contributed by atoms with van der Waals surface area (Å²) >= 11 is 0. The Bertz CT molecular complexity index is 916. The highest BCUT2D eigenvalue weighted by Gasteiger charge is 2.31. The van der Waals surface area contributed by atoms with E-state index in [1.807, 2.05) is 20.8 Å². The van der Waals surface area contributed by atoms with E-state index in [9.17, 15) is 13.6 Å². The predicted octanol–water partition coefficient (Wildman–Crippen LogP) is 5.79. The molecule has 1 atom stereocenters. The van der Waals surface area contributed by atoms with Crippen LogP contribution in [0.15, 0.2) is 30.5 Å². The first kappa shape index (κ1) is 25.5. The van der Waals surface area contributed by atoms with Gasteiger partial charge in [-0.25, -0.2) is 18.6 Å². The Kier molecular flexibility index (Phi) is 8.52. The molecule has 0 radical (unpaired) electrons. The molecule has 2 aromatic heterocycles. The molecule has 0 saturated carbocycles. The lowest BCUT2D eigenvalue weighted by Crippen LogP contribution is -2.52. The largest absolute Gasteiger partial charge is 0.489 e. The van der Waals surface area contributed by atoms with Crippen molar-refractivity contribution in [2.24, 2.45) is 5.92 Å². The van der Waals surface area contributed by atoms with Crippen molar-refractivity contribution >= 4 is 6.09 Å². The number of pyridine rings is 2. The highest BCUT2D eigenvalue weighted by Crippen LogP contribution is 2.26. The third-order valence-electron chi connectivity index (χ3n) is 4.52. The van der Waals surface area contributed by atoms with Crippen molar-refractivity contribution in [3.8, 4) is 17.0 Å². The second-order valence-corrected chi connectivity index (χ2v) is 9.52. The maximum atomic E-state index is 13.7. The summed E-state index contributed by atoms with van der Waals surface area (Å²) in [4.78, 5) is 20.6. The van der Waals surface area contributed by atoms with Crippen LogP contribution >= 0.6 is 0 Å². The summed E-state index contributed by atoms with van der Waals surface area (Å²) < 4.78 is 38.0. The summed E-state index contributed by atoms with van der Waals surface area (Å²) in [6.45, 7) is 9.92. The minimum absolute atomic E-state index is 0.111. The first-order valence-electron chi connectivity index (χ1n) is 10.7. The first-order valence-corrected chi connectivity index (χ1v) is 10.7. The third-order valence-corrected chi connectivity index (χ3v) is 4.52. The van der Waals surface area contributed by atoms with E-state index in [0.717, 1.165) is 0 Å². The standard InChI is InChI=1S/C24H33F2N3O3/c1-16(2)12-24(6,29-22(30)32-23(3,4)5)15-31-21-8-7-19(28-20(21)14-26)17-9-10-27-18(11-17)13-25/h7-11,16H,12-15H2,1-6H3,(H,29,30)/t24-/m0/s1. The molecular weight excluding hydrogens is 416 g/mol. The molecule has 0 bridgehead atoms. The molecule has 32 heavy (non-hydrogen) atoms. The number of hydrogen-bond acceptors (Lipinski definition) is 5. The number of aromatic nitrogens is 2. The van der Waals surface area contributed by atoms with Crippen molar-refractivity contribution < 1.29 is 23.0 Å². The number of ether oxygens (including phenoxy) is 2.